The fourth-order valence-corrected chi connectivity index (χ4v) is 2.55. The van der Waals surface area contributed by atoms with Crippen molar-refractivity contribution in [1.29, 1.82) is 0 Å². The zero-order chi connectivity index (χ0) is 14.5. The first-order valence-corrected chi connectivity index (χ1v) is 7.48. The van der Waals surface area contributed by atoms with Crippen LogP contribution < -0.4 is 4.74 Å². The molecule has 0 fully saturated rings. The van der Waals surface area contributed by atoms with E-state index in [1.807, 2.05) is 54.6 Å². The van der Waals surface area contributed by atoms with E-state index < -0.39 is 0 Å². The Morgan fingerprint density at radius 1 is 1.00 bits per heavy atom. The minimum Gasteiger partial charge on any atom is -0.497 e. The Hall–Kier alpha value is -2.27. The lowest BCUT2D eigenvalue weighted by atomic mass is 10.2. The Morgan fingerprint density at radius 3 is 2.48 bits per heavy atom. The number of methoxy groups -OCH3 is 1. The van der Waals surface area contributed by atoms with Gasteiger partial charge in [-0.2, -0.15) is 0 Å². The van der Waals surface area contributed by atoms with Crippen molar-refractivity contribution in [2.24, 2.45) is 0 Å². The smallest absolute Gasteiger partial charge is 0.277 e. The number of hydrogen-bond donors (Lipinski definition) is 0. The second kappa shape index (κ2) is 6.45. The lowest BCUT2D eigenvalue weighted by Gasteiger charge is -2.01. The molecular formula is C16H14N2O2S. The molecule has 0 saturated heterocycles. The average molecular weight is 298 g/mol. The van der Waals surface area contributed by atoms with Crippen LogP contribution in [0.2, 0.25) is 0 Å². The molecule has 0 aliphatic rings. The largest absolute Gasteiger partial charge is 0.497 e. The van der Waals surface area contributed by atoms with Gasteiger partial charge in [0.05, 0.1) is 7.11 Å². The molecule has 4 nitrogen and oxygen atoms in total. The molecule has 0 saturated carbocycles. The summed E-state index contributed by atoms with van der Waals surface area (Å²) in [6.45, 7) is 0. The van der Waals surface area contributed by atoms with Gasteiger partial charge in [-0.25, -0.2) is 0 Å². The summed E-state index contributed by atoms with van der Waals surface area (Å²) in [5.74, 6) is 2.18. The van der Waals surface area contributed by atoms with Crippen LogP contribution in [0.5, 0.6) is 5.75 Å². The molecule has 3 rings (SSSR count). The maximum atomic E-state index is 5.65. The SMILES string of the molecule is COc1ccc(CSc2nnc(-c3ccccc3)o2)cc1. The van der Waals surface area contributed by atoms with Gasteiger partial charge in [0.15, 0.2) is 0 Å². The van der Waals surface area contributed by atoms with E-state index in [0.717, 1.165) is 17.1 Å². The van der Waals surface area contributed by atoms with E-state index in [9.17, 15) is 0 Å². The fourth-order valence-electron chi connectivity index (χ4n) is 1.83. The van der Waals surface area contributed by atoms with Crippen molar-refractivity contribution >= 4 is 11.8 Å². The molecular weight excluding hydrogens is 284 g/mol. The number of ether oxygens (including phenoxy) is 1. The fraction of sp³-hybridized carbons (Fsp3) is 0.125. The van der Waals surface area contributed by atoms with Gasteiger partial charge in [-0.15, -0.1) is 10.2 Å². The molecule has 0 spiro atoms. The van der Waals surface area contributed by atoms with Crippen molar-refractivity contribution in [3.63, 3.8) is 0 Å². The lowest BCUT2D eigenvalue weighted by Crippen LogP contribution is -1.84. The summed E-state index contributed by atoms with van der Waals surface area (Å²) in [6.07, 6.45) is 0. The molecule has 106 valence electrons. The van der Waals surface area contributed by atoms with Crippen LogP contribution in [-0.4, -0.2) is 17.3 Å². The van der Waals surface area contributed by atoms with E-state index in [0.29, 0.717) is 11.1 Å². The number of rotatable bonds is 5. The first kappa shape index (κ1) is 13.7. The van der Waals surface area contributed by atoms with Gasteiger partial charge in [-0.1, -0.05) is 42.1 Å². The Balaban J connectivity index is 1.64. The van der Waals surface area contributed by atoms with Crippen molar-refractivity contribution in [1.82, 2.24) is 10.2 Å². The zero-order valence-electron chi connectivity index (χ0n) is 11.5. The normalized spacial score (nSPS) is 10.5. The Kier molecular flexibility index (Phi) is 4.21. The van der Waals surface area contributed by atoms with Gasteiger partial charge in [-0.3, -0.25) is 0 Å². The van der Waals surface area contributed by atoms with Gasteiger partial charge >= 0.3 is 0 Å². The van der Waals surface area contributed by atoms with Crippen molar-refractivity contribution in [3.8, 4) is 17.2 Å². The van der Waals surface area contributed by atoms with Crippen LogP contribution in [0.1, 0.15) is 5.56 Å². The summed E-state index contributed by atoms with van der Waals surface area (Å²) in [5, 5.41) is 8.71. The topological polar surface area (TPSA) is 48.2 Å². The molecule has 0 unspecified atom stereocenters. The van der Waals surface area contributed by atoms with E-state index in [1.165, 1.54) is 17.3 Å². The van der Waals surface area contributed by atoms with Gasteiger partial charge in [0, 0.05) is 11.3 Å². The van der Waals surface area contributed by atoms with E-state index in [1.54, 1.807) is 7.11 Å². The Bertz CT molecular complexity index is 696. The molecule has 5 heteroatoms. The zero-order valence-corrected chi connectivity index (χ0v) is 12.3. The van der Waals surface area contributed by atoms with Crippen molar-refractivity contribution < 1.29 is 9.15 Å². The number of aromatic nitrogens is 2. The predicted molar refractivity (Wildman–Crippen MR) is 82.3 cm³/mol. The predicted octanol–water partition coefficient (Wildman–Crippen LogP) is 4.04. The number of benzene rings is 2. The van der Waals surface area contributed by atoms with Crippen LogP contribution >= 0.6 is 11.8 Å². The van der Waals surface area contributed by atoms with Gasteiger partial charge in [-0.05, 0) is 29.8 Å². The van der Waals surface area contributed by atoms with Crippen LogP contribution in [0.25, 0.3) is 11.5 Å². The van der Waals surface area contributed by atoms with E-state index in [4.69, 9.17) is 9.15 Å². The molecule has 0 N–H and O–H groups in total. The summed E-state index contributed by atoms with van der Waals surface area (Å²) in [7, 11) is 1.66. The Labute approximate surface area is 127 Å². The summed E-state index contributed by atoms with van der Waals surface area (Å²) in [5.41, 5.74) is 2.11. The van der Waals surface area contributed by atoms with Crippen LogP contribution in [0.15, 0.2) is 64.2 Å². The van der Waals surface area contributed by atoms with Crippen LogP contribution in [0, 0.1) is 0 Å². The average Bonchev–Trinajstić information content (AvgIpc) is 3.03. The Morgan fingerprint density at radius 2 is 1.76 bits per heavy atom. The van der Waals surface area contributed by atoms with Crippen LogP contribution in [0.4, 0.5) is 0 Å². The highest BCUT2D eigenvalue weighted by Gasteiger charge is 2.08. The second-order valence-electron chi connectivity index (χ2n) is 4.38. The highest BCUT2D eigenvalue weighted by molar-refractivity contribution is 7.98. The van der Waals surface area contributed by atoms with Crippen LogP contribution in [-0.2, 0) is 5.75 Å². The van der Waals surface area contributed by atoms with Crippen molar-refractivity contribution in [2.45, 2.75) is 11.0 Å². The molecule has 21 heavy (non-hydrogen) atoms. The van der Waals surface area contributed by atoms with Gasteiger partial charge in [0.2, 0.25) is 5.89 Å². The molecule has 1 heterocycles. The third kappa shape index (κ3) is 3.44. The quantitative estimate of drug-likeness (QED) is 0.665. The molecule has 0 atom stereocenters. The summed E-state index contributed by atoms with van der Waals surface area (Å²) >= 11 is 1.52. The van der Waals surface area contributed by atoms with Gasteiger partial charge in [0.25, 0.3) is 5.22 Å². The molecule has 0 aliphatic carbocycles. The number of hydrogen-bond acceptors (Lipinski definition) is 5. The number of thioether (sulfide) groups is 1. The van der Waals surface area contributed by atoms with Gasteiger partial charge in [0.1, 0.15) is 5.75 Å². The summed E-state index contributed by atoms with van der Waals surface area (Å²) in [4.78, 5) is 0. The molecule has 1 aromatic heterocycles. The van der Waals surface area contributed by atoms with Crippen molar-refractivity contribution in [3.05, 3.63) is 60.2 Å². The maximum Gasteiger partial charge on any atom is 0.277 e. The molecule has 0 radical (unpaired) electrons. The molecule has 0 bridgehead atoms. The second-order valence-corrected chi connectivity index (χ2v) is 5.30. The maximum absolute atomic E-state index is 5.65. The summed E-state index contributed by atoms with van der Waals surface area (Å²) < 4.78 is 10.8. The minimum absolute atomic E-state index is 0.549. The first-order chi connectivity index (χ1) is 10.3. The molecule has 0 amide bonds. The van der Waals surface area contributed by atoms with Crippen molar-refractivity contribution in [2.75, 3.05) is 7.11 Å². The van der Waals surface area contributed by atoms with Crippen LogP contribution in [0.3, 0.4) is 0 Å². The highest BCUT2D eigenvalue weighted by atomic mass is 32.2. The highest BCUT2D eigenvalue weighted by Crippen LogP contribution is 2.26. The standard InChI is InChI=1S/C16H14N2O2S/c1-19-14-9-7-12(8-10-14)11-21-16-18-17-15(20-16)13-5-3-2-4-6-13/h2-10H,11H2,1H3. The lowest BCUT2D eigenvalue weighted by molar-refractivity contribution is 0.414. The van der Waals surface area contributed by atoms with Gasteiger partial charge < -0.3 is 9.15 Å². The number of nitrogens with zero attached hydrogens (tertiary/aromatic N) is 2. The third-order valence-corrected chi connectivity index (χ3v) is 3.84. The molecule has 0 aliphatic heterocycles. The molecule has 3 aromatic rings. The summed E-state index contributed by atoms with van der Waals surface area (Å²) in [6, 6.07) is 17.7. The van der Waals surface area contributed by atoms with E-state index in [-0.39, 0.29) is 0 Å². The first-order valence-electron chi connectivity index (χ1n) is 6.50. The molecule has 2 aromatic carbocycles. The minimum atomic E-state index is 0.549. The third-order valence-electron chi connectivity index (χ3n) is 2.95. The van der Waals surface area contributed by atoms with E-state index >= 15 is 0 Å². The van der Waals surface area contributed by atoms with E-state index in [2.05, 4.69) is 10.2 Å². The monoisotopic (exact) mass is 298 g/mol.